The van der Waals surface area contributed by atoms with Crippen molar-refractivity contribution in [2.24, 2.45) is 0 Å². The van der Waals surface area contributed by atoms with Crippen LogP contribution in [0.2, 0.25) is 0 Å². The van der Waals surface area contributed by atoms with Crippen molar-refractivity contribution in [1.29, 1.82) is 0 Å². The quantitative estimate of drug-likeness (QED) is 0.815. The number of allylic oxidation sites excluding steroid dienone is 1. The molecule has 0 saturated carbocycles. The summed E-state index contributed by atoms with van der Waals surface area (Å²) in [5.74, 6) is -0.306. The van der Waals surface area contributed by atoms with Gasteiger partial charge in [0.25, 0.3) is 0 Å². The lowest BCUT2D eigenvalue weighted by Gasteiger charge is -2.35. The predicted octanol–water partition coefficient (Wildman–Crippen LogP) is 4.05. The fraction of sp³-hybridized carbons (Fsp3) is 0.579. The minimum atomic E-state index is -0.306. The van der Waals surface area contributed by atoms with Gasteiger partial charge in [-0.15, -0.1) is 0 Å². The fourth-order valence-corrected chi connectivity index (χ4v) is 4.20. The molecule has 1 spiro atoms. The van der Waals surface area contributed by atoms with Crippen molar-refractivity contribution in [2.75, 3.05) is 13.2 Å². The molecule has 1 aromatic carbocycles. The lowest BCUT2D eigenvalue weighted by Crippen LogP contribution is -2.37. The summed E-state index contributed by atoms with van der Waals surface area (Å²) in [6.45, 7) is 3.77. The van der Waals surface area contributed by atoms with Gasteiger partial charge in [0.1, 0.15) is 0 Å². The summed E-state index contributed by atoms with van der Waals surface area (Å²) in [5.41, 5.74) is 7.73. The maximum absolute atomic E-state index is 5.90. The van der Waals surface area contributed by atoms with Crippen LogP contribution in [0, 0.1) is 0 Å². The monoisotopic (exact) mass is 284 g/mol. The van der Waals surface area contributed by atoms with E-state index in [0.29, 0.717) is 0 Å². The largest absolute Gasteiger partial charge is 0.347 e. The highest BCUT2D eigenvalue weighted by Crippen LogP contribution is 2.39. The number of hydrogen-bond acceptors (Lipinski definition) is 2. The van der Waals surface area contributed by atoms with Crippen LogP contribution in [-0.2, 0) is 28.7 Å². The number of ether oxygens (including phenoxy) is 2. The van der Waals surface area contributed by atoms with Crippen molar-refractivity contribution in [3.05, 3.63) is 40.0 Å². The van der Waals surface area contributed by atoms with E-state index in [4.69, 9.17) is 9.47 Å². The first-order valence-corrected chi connectivity index (χ1v) is 8.41. The third kappa shape index (κ3) is 2.35. The van der Waals surface area contributed by atoms with Crippen molar-refractivity contribution >= 4 is 6.08 Å². The van der Waals surface area contributed by atoms with Crippen molar-refractivity contribution in [1.82, 2.24) is 0 Å². The van der Waals surface area contributed by atoms with Crippen LogP contribution in [0.25, 0.3) is 6.08 Å². The van der Waals surface area contributed by atoms with E-state index in [-0.39, 0.29) is 5.79 Å². The Balaban J connectivity index is 1.67. The molecule has 0 amide bonds. The molecular weight excluding hydrogens is 260 g/mol. The van der Waals surface area contributed by atoms with Crippen LogP contribution in [0.3, 0.4) is 0 Å². The van der Waals surface area contributed by atoms with E-state index in [0.717, 1.165) is 32.5 Å². The number of rotatable bonds is 2. The highest BCUT2D eigenvalue weighted by Gasteiger charge is 2.40. The third-order valence-corrected chi connectivity index (χ3v) is 5.22. The van der Waals surface area contributed by atoms with E-state index < -0.39 is 0 Å². The van der Waals surface area contributed by atoms with Crippen LogP contribution in [0.15, 0.2) is 17.7 Å². The average Bonchev–Trinajstić information content (AvgIpc) is 2.95. The second-order valence-corrected chi connectivity index (χ2v) is 6.61. The molecule has 0 N–H and O–H groups in total. The lowest BCUT2D eigenvalue weighted by atomic mass is 9.79. The van der Waals surface area contributed by atoms with E-state index in [1.165, 1.54) is 36.8 Å². The van der Waals surface area contributed by atoms with Gasteiger partial charge in [-0.1, -0.05) is 37.1 Å². The van der Waals surface area contributed by atoms with Crippen LogP contribution in [0.5, 0.6) is 0 Å². The van der Waals surface area contributed by atoms with Gasteiger partial charge in [0, 0.05) is 12.8 Å². The highest BCUT2D eigenvalue weighted by molar-refractivity contribution is 5.63. The molecule has 2 nitrogen and oxygen atoms in total. The van der Waals surface area contributed by atoms with Gasteiger partial charge in [-0.2, -0.15) is 0 Å². The van der Waals surface area contributed by atoms with Crippen molar-refractivity contribution in [3.63, 3.8) is 0 Å². The minimum Gasteiger partial charge on any atom is -0.347 e. The zero-order valence-electron chi connectivity index (χ0n) is 12.9. The van der Waals surface area contributed by atoms with E-state index in [9.17, 15) is 0 Å². The second kappa shape index (κ2) is 5.26. The fourth-order valence-electron chi connectivity index (χ4n) is 4.20. The topological polar surface area (TPSA) is 18.5 Å². The van der Waals surface area contributed by atoms with Crippen molar-refractivity contribution in [3.8, 4) is 0 Å². The zero-order chi connectivity index (χ0) is 14.3. The second-order valence-electron chi connectivity index (χ2n) is 6.61. The van der Waals surface area contributed by atoms with Gasteiger partial charge in [0.15, 0.2) is 5.79 Å². The Labute approximate surface area is 127 Å². The Morgan fingerprint density at radius 3 is 2.71 bits per heavy atom. The zero-order valence-corrected chi connectivity index (χ0v) is 12.9. The molecule has 1 saturated heterocycles. The summed E-state index contributed by atoms with van der Waals surface area (Å²) in [4.78, 5) is 0. The molecule has 1 fully saturated rings. The Kier molecular flexibility index (Phi) is 3.39. The molecule has 1 aliphatic heterocycles. The molecule has 2 heteroatoms. The summed E-state index contributed by atoms with van der Waals surface area (Å²) in [6.07, 6.45) is 10.5. The van der Waals surface area contributed by atoms with Crippen LogP contribution in [0.4, 0.5) is 0 Å². The SMILES string of the molecule is CCCC1=Cc2ccc3c(c2CC1)CCC1(C3)OCCO1. The molecule has 0 atom stereocenters. The van der Waals surface area contributed by atoms with Gasteiger partial charge in [-0.05, 0) is 47.9 Å². The first kappa shape index (κ1) is 13.5. The number of hydrogen-bond donors (Lipinski definition) is 0. The van der Waals surface area contributed by atoms with Crippen LogP contribution < -0.4 is 0 Å². The van der Waals surface area contributed by atoms with E-state index in [1.807, 2.05) is 0 Å². The van der Waals surface area contributed by atoms with E-state index in [1.54, 1.807) is 16.7 Å². The Morgan fingerprint density at radius 2 is 1.90 bits per heavy atom. The summed E-state index contributed by atoms with van der Waals surface area (Å²) in [5, 5.41) is 0. The molecule has 112 valence electrons. The predicted molar refractivity (Wildman–Crippen MR) is 84.3 cm³/mol. The van der Waals surface area contributed by atoms with Gasteiger partial charge in [-0.3, -0.25) is 0 Å². The Morgan fingerprint density at radius 1 is 1.05 bits per heavy atom. The normalized spacial score (nSPS) is 22.8. The summed E-state index contributed by atoms with van der Waals surface area (Å²) in [6, 6.07) is 4.63. The summed E-state index contributed by atoms with van der Waals surface area (Å²) >= 11 is 0. The van der Waals surface area contributed by atoms with Gasteiger partial charge >= 0.3 is 0 Å². The molecular formula is C19H24O2. The minimum absolute atomic E-state index is 0.306. The number of benzene rings is 1. The van der Waals surface area contributed by atoms with Crippen molar-refractivity contribution < 1.29 is 9.47 Å². The molecule has 2 aliphatic carbocycles. The third-order valence-electron chi connectivity index (χ3n) is 5.22. The molecule has 1 heterocycles. The maximum Gasteiger partial charge on any atom is 0.172 e. The highest BCUT2D eigenvalue weighted by atomic mass is 16.7. The molecule has 1 aromatic rings. The molecule has 4 rings (SSSR count). The van der Waals surface area contributed by atoms with Gasteiger partial charge in [-0.25, -0.2) is 0 Å². The van der Waals surface area contributed by atoms with Gasteiger partial charge in [0.05, 0.1) is 13.2 Å². The Bertz CT molecular complexity index is 579. The van der Waals surface area contributed by atoms with Gasteiger partial charge in [0.2, 0.25) is 0 Å². The average molecular weight is 284 g/mol. The summed E-state index contributed by atoms with van der Waals surface area (Å²) in [7, 11) is 0. The lowest BCUT2D eigenvalue weighted by molar-refractivity contribution is -0.163. The smallest absolute Gasteiger partial charge is 0.172 e. The standard InChI is InChI=1S/C19H24O2/c1-2-3-14-4-7-17-15(12-14)5-6-16-13-19(9-8-18(16)17)20-10-11-21-19/h5-6,12H,2-4,7-11,13H2,1H3. The van der Waals surface area contributed by atoms with Crippen LogP contribution in [-0.4, -0.2) is 19.0 Å². The van der Waals surface area contributed by atoms with E-state index in [2.05, 4.69) is 25.1 Å². The molecule has 0 bridgehead atoms. The van der Waals surface area contributed by atoms with Crippen molar-refractivity contribution in [2.45, 2.75) is 57.7 Å². The van der Waals surface area contributed by atoms with Crippen LogP contribution in [0.1, 0.15) is 54.9 Å². The molecule has 0 aromatic heterocycles. The summed E-state index contributed by atoms with van der Waals surface area (Å²) < 4.78 is 11.8. The van der Waals surface area contributed by atoms with Gasteiger partial charge < -0.3 is 9.47 Å². The molecule has 0 radical (unpaired) electrons. The Hall–Kier alpha value is -1.12. The van der Waals surface area contributed by atoms with E-state index >= 15 is 0 Å². The maximum atomic E-state index is 5.90. The first-order chi connectivity index (χ1) is 10.3. The molecule has 21 heavy (non-hydrogen) atoms. The molecule has 0 unspecified atom stereocenters. The van der Waals surface area contributed by atoms with Crippen LogP contribution >= 0.6 is 0 Å². The molecule has 3 aliphatic rings. The first-order valence-electron chi connectivity index (χ1n) is 8.41. The number of fused-ring (bicyclic) bond motifs is 3.